The molecule has 1 fully saturated rings. The first-order valence-corrected chi connectivity index (χ1v) is 11.2. The van der Waals surface area contributed by atoms with E-state index in [-0.39, 0.29) is 23.1 Å². The van der Waals surface area contributed by atoms with Crippen LogP contribution in [0, 0.1) is 10.1 Å². The third-order valence-corrected chi connectivity index (χ3v) is 5.98. The molecule has 0 spiro atoms. The molecule has 3 aromatic rings. The van der Waals surface area contributed by atoms with Crippen LogP contribution in [0.3, 0.4) is 0 Å². The summed E-state index contributed by atoms with van der Waals surface area (Å²) in [6.07, 6.45) is 0.495. The van der Waals surface area contributed by atoms with Crippen molar-refractivity contribution >= 4 is 40.5 Å². The summed E-state index contributed by atoms with van der Waals surface area (Å²) in [5.74, 6) is -0.108. The summed E-state index contributed by atoms with van der Waals surface area (Å²) in [4.78, 5) is 39.3. The van der Waals surface area contributed by atoms with E-state index in [4.69, 9.17) is 16.0 Å². The van der Waals surface area contributed by atoms with Gasteiger partial charge in [-0.1, -0.05) is 30.7 Å². The van der Waals surface area contributed by atoms with Crippen LogP contribution >= 0.6 is 11.6 Å². The standard InChI is InChI=1S/C24H23ClN4O5/c1-2-23(30)28-13-11-27(12-14-28)20-8-7-16(15-18(20)25)26-24(31)22-10-9-21(34-22)17-5-3-4-6-19(17)29(32)33/h3-10,15H,2,11-14H2,1H3,(H,26,31). The SMILES string of the molecule is CCC(=O)N1CCN(c2ccc(NC(=O)c3ccc(-c4ccccc4[N+](=O)[O-])o3)cc2Cl)CC1. The topological polar surface area (TPSA) is 109 Å². The van der Waals surface area contributed by atoms with E-state index in [1.165, 1.54) is 18.2 Å². The zero-order chi connectivity index (χ0) is 24.2. The van der Waals surface area contributed by atoms with E-state index in [0.717, 1.165) is 5.69 Å². The van der Waals surface area contributed by atoms with Gasteiger partial charge in [0.2, 0.25) is 5.91 Å². The Bertz CT molecular complexity index is 1230. The van der Waals surface area contributed by atoms with Gasteiger partial charge in [0.25, 0.3) is 11.6 Å². The molecule has 10 heteroatoms. The van der Waals surface area contributed by atoms with Gasteiger partial charge in [-0.05, 0) is 36.4 Å². The third kappa shape index (κ3) is 4.89. The van der Waals surface area contributed by atoms with Gasteiger partial charge in [-0.25, -0.2) is 0 Å². The molecule has 0 radical (unpaired) electrons. The summed E-state index contributed by atoms with van der Waals surface area (Å²) in [6, 6.07) is 14.4. The largest absolute Gasteiger partial charge is 0.451 e. The van der Waals surface area contributed by atoms with Crippen LogP contribution in [-0.2, 0) is 4.79 Å². The zero-order valence-corrected chi connectivity index (χ0v) is 19.2. The van der Waals surface area contributed by atoms with Gasteiger partial charge in [-0.15, -0.1) is 0 Å². The fourth-order valence-corrected chi connectivity index (χ4v) is 4.20. The van der Waals surface area contributed by atoms with Crippen LogP contribution in [0.1, 0.15) is 23.9 Å². The number of nitrogens with one attached hydrogen (secondary N) is 1. The van der Waals surface area contributed by atoms with Crippen molar-refractivity contribution in [3.63, 3.8) is 0 Å². The van der Waals surface area contributed by atoms with Crippen molar-refractivity contribution in [3.8, 4) is 11.3 Å². The zero-order valence-electron chi connectivity index (χ0n) is 18.5. The Morgan fingerprint density at radius 1 is 1.09 bits per heavy atom. The molecule has 0 bridgehead atoms. The van der Waals surface area contributed by atoms with Crippen molar-refractivity contribution in [1.82, 2.24) is 4.90 Å². The first-order valence-electron chi connectivity index (χ1n) is 10.8. The number of carbonyl (C=O) groups excluding carboxylic acids is 2. The van der Waals surface area contributed by atoms with E-state index in [2.05, 4.69) is 10.2 Å². The molecular formula is C24H23ClN4O5. The van der Waals surface area contributed by atoms with Gasteiger partial charge in [0.05, 0.1) is 21.2 Å². The summed E-state index contributed by atoms with van der Waals surface area (Å²) < 4.78 is 5.59. The van der Waals surface area contributed by atoms with Gasteiger partial charge in [-0.3, -0.25) is 19.7 Å². The van der Waals surface area contributed by atoms with E-state index < -0.39 is 10.8 Å². The molecule has 34 heavy (non-hydrogen) atoms. The van der Waals surface area contributed by atoms with Crippen molar-refractivity contribution < 1.29 is 18.9 Å². The van der Waals surface area contributed by atoms with Gasteiger partial charge in [0, 0.05) is 44.4 Å². The minimum atomic E-state index is -0.500. The number of nitro benzene ring substituents is 1. The number of nitrogens with zero attached hydrogens (tertiary/aromatic N) is 3. The van der Waals surface area contributed by atoms with E-state index in [1.807, 2.05) is 17.9 Å². The molecule has 0 atom stereocenters. The lowest BCUT2D eigenvalue weighted by Crippen LogP contribution is -2.48. The maximum atomic E-state index is 12.7. The first kappa shape index (κ1) is 23.3. The Morgan fingerprint density at radius 3 is 2.50 bits per heavy atom. The van der Waals surface area contributed by atoms with E-state index in [0.29, 0.717) is 48.9 Å². The van der Waals surface area contributed by atoms with E-state index in [9.17, 15) is 19.7 Å². The van der Waals surface area contributed by atoms with Crippen molar-refractivity contribution in [2.24, 2.45) is 0 Å². The lowest BCUT2D eigenvalue weighted by atomic mass is 10.1. The summed E-state index contributed by atoms with van der Waals surface area (Å²) in [5, 5.41) is 14.5. The number of amides is 2. The normalized spacial score (nSPS) is 13.6. The maximum absolute atomic E-state index is 12.7. The number of hydrogen-bond donors (Lipinski definition) is 1. The fraction of sp³-hybridized carbons (Fsp3) is 0.250. The predicted molar refractivity (Wildman–Crippen MR) is 129 cm³/mol. The van der Waals surface area contributed by atoms with Crippen LogP contribution in [0.4, 0.5) is 17.1 Å². The van der Waals surface area contributed by atoms with Gasteiger partial charge < -0.3 is 19.5 Å². The summed E-state index contributed by atoms with van der Waals surface area (Å²) >= 11 is 6.49. The molecule has 1 aliphatic rings. The molecule has 1 aliphatic heterocycles. The molecule has 0 aliphatic carbocycles. The molecule has 1 aromatic heterocycles. The number of nitro groups is 1. The number of hydrogen-bond acceptors (Lipinski definition) is 6. The lowest BCUT2D eigenvalue weighted by molar-refractivity contribution is -0.384. The molecule has 2 aromatic carbocycles. The van der Waals surface area contributed by atoms with Crippen molar-refractivity contribution in [3.05, 3.63) is 75.5 Å². The molecule has 2 amide bonds. The van der Waals surface area contributed by atoms with Gasteiger partial charge >= 0.3 is 0 Å². The molecule has 0 unspecified atom stereocenters. The molecule has 176 valence electrons. The van der Waals surface area contributed by atoms with Crippen LogP contribution in [-0.4, -0.2) is 47.8 Å². The van der Waals surface area contributed by atoms with Crippen LogP contribution < -0.4 is 10.2 Å². The smallest absolute Gasteiger partial charge is 0.291 e. The highest BCUT2D eigenvalue weighted by molar-refractivity contribution is 6.33. The Balaban J connectivity index is 1.43. The molecule has 1 N–H and O–H groups in total. The highest BCUT2D eigenvalue weighted by Crippen LogP contribution is 2.32. The lowest BCUT2D eigenvalue weighted by Gasteiger charge is -2.36. The van der Waals surface area contributed by atoms with E-state index >= 15 is 0 Å². The Morgan fingerprint density at radius 2 is 1.82 bits per heavy atom. The van der Waals surface area contributed by atoms with Crippen molar-refractivity contribution in [1.29, 1.82) is 0 Å². The van der Waals surface area contributed by atoms with Crippen LogP contribution in [0.2, 0.25) is 5.02 Å². The molecular weight excluding hydrogens is 460 g/mol. The summed E-state index contributed by atoms with van der Waals surface area (Å²) in [6.45, 7) is 4.49. The average molecular weight is 483 g/mol. The predicted octanol–water partition coefficient (Wildman–Crippen LogP) is 4.82. The second-order valence-corrected chi connectivity index (χ2v) is 8.19. The Labute approximate surface area is 201 Å². The van der Waals surface area contributed by atoms with Gasteiger partial charge in [-0.2, -0.15) is 0 Å². The Kier molecular flexibility index (Phi) is 6.83. The van der Waals surface area contributed by atoms with Gasteiger partial charge in [0.1, 0.15) is 5.76 Å². The number of halogens is 1. The number of furan rings is 1. The first-order chi connectivity index (χ1) is 16.4. The van der Waals surface area contributed by atoms with Crippen molar-refractivity contribution in [2.75, 3.05) is 36.4 Å². The number of carbonyl (C=O) groups is 2. The third-order valence-electron chi connectivity index (χ3n) is 5.68. The highest BCUT2D eigenvalue weighted by Gasteiger charge is 2.22. The maximum Gasteiger partial charge on any atom is 0.291 e. The molecule has 2 heterocycles. The monoisotopic (exact) mass is 482 g/mol. The summed E-state index contributed by atoms with van der Waals surface area (Å²) in [5.41, 5.74) is 1.51. The van der Waals surface area contributed by atoms with E-state index in [1.54, 1.807) is 30.3 Å². The second-order valence-electron chi connectivity index (χ2n) is 7.78. The minimum absolute atomic E-state index is 0.0186. The number of rotatable bonds is 6. The Hall–Kier alpha value is -3.85. The fourth-order valence-electron chi connectivity index (χ4n) is 3.90. The number of para-hydroxylation sites is 1. The van der Waals surface area contributed by atoms with Crippen molar-refractivity contribution in [2.45, 2.75) is 13.3 Å². The second kappa shape index (κ2) is 9.96. The quantitative estimate of drug-likeness (QED) is 0.398. The molecule has 4 rings (SSSR count). The highest BCUT2D eigenvalue weighted by atomic mass is 35.5. The number of benzene rings is 2. The van der Waals surface area contributed by atoms with Crippen LogP contribution in [0.25, 0.3) is 11.3 Å². The molecule has 9 nitrogen and oxygen atoms in total. The summed E-state index contributed by atoms with van der Waals surface area (Å²) in [7, 11) is 0. The minimum Gasteiger partial charge on any atom is -0.451 e. The molecule has 1 saturated heterocycles. The average Bonchev–Trinajstić information content (AvgIpc) is 3.34. The van der Waals surface area contributed by atoms with Gasteiger partial charge in [0.15, 0.2) is 5.76 Å². The number of anilines is 2. The van der Waals surface area contributed by atoms with Crippen LogP contribution in [0.15, 0.2) is 59.0 Å². The number of piperazine rings is 1. The molecule has 0 saturated carbocycles. The van der Waals surface area contributed by atoms with Crippen LogP contribution in [0.5, 0.6) is 0 Å².